The van der Waals surface area contributed by atoms with Crippen LogP contribution in [0, 0.1) is 6.92 Å². The van der Waals surface area contributed by atoms with Gasteiger partial charge in [0.05, 0.1) is 5.52 Å². The molecule has 124 valence electrons. The van der Waals surface area contributed by atoms with Crippen molar-refractivity contribution in [2.75, 3.05) is 5.75 Å². The van der Waals surface area contributed by atoms with Crippen molar-refractivity contribution in [2.45, 2.75) is 18.6 Å². The normalized spacial score (nSPS) is 11.2. The number of aryl methyl sites for hydroxylation is 1. The number of aromatic nitrogens is 4. The summed E-state index contributed by atoms with van der Waals surface area (Å²) in [5, 5.41) is 10.5. The molecular weight excluding hydrogens is 328 g/mol. The first-order valence-electron chi connectivity index (χ1n) is 8.18. The lowest BCUT2D eigenvalue weighted by Gasteiger charge is -2.09. The van der Waals surface area contributed by atoms with Crippen LogP contribution in [0.1, 0.15) is 11.1 Å². The van der Waals surface area contributed by atoms with Crippen molar-refractivity contribution in [3.63, 3.8) is 0 Å². The average Bonchev–Trinajstić information content (AvgIpc) is 2.95. The van der Waals surface area contributed by atoms with E-state index >= 15 is 0 Å². The second kappa shape index (κ2) is 6.69. The average molecular weight is 346 g/mol. The van der Waals surface area contributed by atoms with Crippen molar-refractivity contribution >= 4 is 33.8 Å². The highest BCUT2D eigenvalue weighted by molar-refractivity contribution is 7.99. The topological polar surface area (TPSA) is 43.6 Å². The molecule has 0 fully saturated rings. The van der Waals surface area contributed by atoms with Gasteiger partial charge in [-0.25, -0.2) is 4.98 Å². The van der Waals surface area contributed by atoms with Crippen LogP contribution in [0.3, 0.4) is 0 Å². The van der Waals surface area contributed by atoms with E-state index in [-0.39, 0.29) is 0 Å². The second-order valence-corrected chi connectivity index (χ2v) is 6.88. The molecule has 0 atom stereocenters. The Bertz CT molecular complexity index is 1070. The highest BCUT2D eigenvalue weighted by atomic mass is 32.2. The maximum absolute atomic E-state index is 4.78. The first kappa shape index (κ1) is 15.8. The quantitative estimate of drug-likeness (QED) is 0.391. The maximum Gasteiger partial charge on any atom is 0.211 e. The predicted molar refractivity (Wildman–Crippen MR) is 104 cm³/mol. The third-order valence-electron chi connectivity index (χ3n) is 4.27. The third kappa shape index (κ3) is 2.91. The summed E-state index contributed by atoms with van der Waals surface area (Å²) in [6.45, 7) is 6.66. The Hall–Kier alpha value is -2.66. The zero-order chi connectivity index (χ0) is 17.2. The monoisotopic (exact) mass is 346 g/mol. The molecular formula is C20H18N4S. The van der Waals surface area contributed by atoms with Gasteiger partial charge in [-0.1, -0.05) is 60.3 Å². The van der Waals surface area contributed by atoms with Gasteiger partial charge in [0.2, 0.25) is 5.16 Å². The van der Waals surface area contributed by atoms with Crippen molar-refractivity contribution in [3.05, 3.63) is 72.3 Å². The molecule has 0 aliphatic carbocycles. The van der Waals surface area contributed by atoms with Crippen LogP contribution in [0.15, 0.2) is 66.3 Å². The van der Waals surface area contributed by atoms with Gasteiger partial charge in [0.1, 0.15) is 5.52 Å². The van der Waals surface area contributed by atoms with Crippen LogP contribution in [-0.4, -0.2) is 25.5 Å². The van der Waals surface area contributed by atoms with Crippen LogP contribution in [0.5, 0.6) is 0 Å². The summed E-state index contributed by atoms with van der Waals surface area (Å²) in [7, 11) is 0. The molecule has 2 aromatic heterocycles. The lowest BCUT2D eigenvalue weighted by molar-refractivity contribution is 0.811. The molecule has 4 nitrogen and oxygen atoms in total. The SMILES string of the molecule is C=CCSc1nnc2c3ccccc3n(Cc3ccccc3C)c2n1. The molecule has 5 heteroatoms. The van der Waals surface area contributed by atoms with E-state index in [1.165, 1.54) is 11.1 Å². The Morgan fingerprint density at radius 1 is 1.08 bits per heavy atom. The number of benzene rings is 2. The summed E-state index contributed by atoms with van der Waals surface area (Å²) < 4.78 is 2.24. The molecule has 0 amide bonds. The first-order valence-corrected chi connectivity index (χ1v) is 9.16. The van der Waals surface area contributed by atoms with Crippen LogP contribution in [0.25, 0.3) is 22.1 Å². The van der Waals surface area contributed by atoms with Gasteiger partial charge >= 0.3 is 0 Å². The Balaban J connectivity index is 1.92. The highest BCUT2D eigenvalue weighted by Gasteiger charge is 2.15. The van der Waals surface area contributed by atoms with Gasteiger partial charge in [-0.15, -0.1) is 16.8 Å². The molecule has 0 aliphatic rings. The number of thioether (sulfide) groups is 1. The Morgan fingerprint density at radius 3 is 2.72 bits per heavy atom. The molecule has 4 aromatic rings. The summed E-state index contributed by atoms with van der Waals surface area (Å²) >= 11 is 1.55. The molecule has 0 radical (unpaired) electrons. The van der Waals surface area contributed by atoms with Gasteiger partial charge in [-0.3, -0.25) is 0 Å². The summed E-state index contributed by atoms with van der Waals surface area (Å²) in [5.74, 6) is 0.769. The Labute approximate surface area is 150 Å². The van der Waals surface area contributed by atoms with Gasteiger partial charge in [-0.05, 0) is 24.1 Å². The summed E-state index contributed by atoms with van der Waals surface area (Å²) in [6, 6.07) is 16.7. The van der Waals surface area contributed by atoms with E-state index in [0.29, 0.717) is 5.16 Å². The minimum atomic E-state index is 0.682. The highest BCUT2D eigenvalue weighted by Crippen LogP contribution is 2.28. The number of hydrogen-bond donors (Lipinski definition) is 0. The molecule has 0 saturated carbocycles. The fourth-order valence-corrected chi connectivity index (χ4v) is 3.52. The van der Waals surface area contributed by atoms with E-state index in [0.717, 1.165) is 34.4 Å². The van der Waals surface area contributed by atoms with Gasteiger partial charge < -0.3 is 4.57 Å². The molecule has 2 aromatic carbocycles. The van der Waals surface area contributed by atoms with E-state index in [1.807, 2.05) is 12.1 Å². The largest absolute Gasteiger partial charge is 0.319 e. The van der Waals surface area contributed by atoms with E-state index in [4.69, 9.17) is 4.98 Å². The lowest BCUT2D eigenvalue weighted by atomic mass is 10.1. The molecule has 0 saturated heterocycles. The van der Waals surface area contributed by atoms with Crippen LogP contribution in [0.2, 0.25) is 0 Å². The van der Waals surface area contributed by atoms with E-state index in [9.17, 15) is 0 Å². The number of fused-ring (bicyclic) bond motifs is 3. The van der Waals surface area contributed by atoms with Crippen molar-refractivity contribution in [3.8, 4) is 0 Å². The summed E-state index contributed by atoms with van der Waals surface area (Å²) in [5.41, 5.74) is 5.42. The molecule has 0 N–H and O–H groups in total. The summed E-state index contributed by atoms with van der Waals surface area (Å²) in [4.78, 5) is 4.78. The fraction of sp³-hybridized carbons (Fsp3) is 0.150. The van der Waals surface area contributed by atoms with Gasteiger partial charge in [0.15, 0.2) is 5.65 Å². The van der Waals surface area contributed by atoms with Crippen LogP contribution < -0.4 is 0 Å². The van der Waals surface area contributed by atoms with Crippen LogP contribution in [0.4, 0.5) is 0 Å². The molecule has 2 heterocycles. The third-order valence-corrected chi connectivity index (χ3v) is 5.11. The number of hydrogen-bond acceptors (Lipinski definition) is 4. The van der Waals surface area contributed by atoms with Crippen molar-refractivity contribution < 1.29 is 0 Å². The van der Waals surface area contributed by atoms with Gasteiger partial charge in [0.25, 0.3) is 0 Å². The number of para-hydroxylation sites is 1. The minimum Gasteiger partial charge on any atom is -0.319 e. The molecule has 0 bridgehead atoms. The smallest absolute Gasteiger partial charge is 0.211 e. The fourth-order valence-electron chi connectivity index (χ4n) is 3.00. The molecule has 25 heavy (non-hydrogen) atoms. The first-order chi connectivity index (χ1) is 12.3. The Kier molecular flexibility index (Phi) is 4.24. The summed E-state index contributed by atoms with van der Waals surface area (Å²) in [6.07, 6.45) is 1.85. The molecule has 0 unspecified atom stereocenters. The predicted octanol–water partition coefficient (Wildman–Crippen LogP) is 4.61. The number of nitrogens with zero attached hydrogens (tertiary/aromatic N) is 4. The zero-order valence-electron chi connectivity index (χ0n) is 14.0. The van der Waals surface area contributed by atoms with Crippen molar-refractivity contribution in [2.24, 2.45) is 0 Å². The molecule has 0 spiro atoms. The van der Waals surface area contributed by atoms with Crippen LogP contribution >= 0.6 is 11.8 Å². The van der Waals surface area contributed by atoms with Crippen molar-refractivity contribution in [1.29, 1.82) is 0 Å². The Morgan fingerprint density at radius 2 is 1.88 bits per heavy atom. The van der Waals surface area contributed by atoms with Gasteiger partial charge in [-0.2, -0.15) is 0 Å². The zero-order valence-corrected chi connectivity index (χ0v) is 14.8. The maximum atomic E-state index is 4.78. The second-order valence-electron chi connectivity index (χ2n) is 5.90. The van der Waals surface area contributed by atoms with E-state index < -0.39 is 0 Å². The number of rotatable bonds is 5. The molecule has 0 aliphatic heterocycles. The van der Waals surface area contributed by atoms with E-state index in [1.54, 1.807) is 11.8 Å². The van der Waals surface area contributed by atoms with E-state index in [2.05, 4.69) is 70.7 Å². The van der Waals surface area contributed by atoms with Gasteiger partial charge in [0, 0.05) is 17.7 Å². The van der Waals surface area contributed by atoms with Crippen LogP contribution in [-0.2, 0) is 6.54 Å². The lowest BCUT2D eigenvalue weighted by Crippen LogP contribution is -2.03. The standard InChI is InChI=1S/C20H18N4S/c1-3-12-25-20-21-19-18(22-23-20)16-10-6-7-11-17(16)24(19)13-15-9-5-4-8-14(15)2/h3-11H,1,12-13H2,2H3. The molecule has 4 rings (SSSR count). The minimum absolute atomic E-state index is 0.682. The van der Waals surface area contributed by atoms with Crippen molar-refractivity contribution in [1.82, 2.24) is 19.7 Å².